The first-order chi connectivity index (χ1) is 17.0. The minimum atomic E-state index is -0.479. The largest absolute Gasteiger partial charge is 0.364 e. The van der Waals surface area contributed by atoms with Crippen LogP contribution >= 0.6 is 23.2 Å². The Labute approximate surface area is 219 Å². The van der Waals surface area contributed by atoms with Gasteiger partial charge in [-0.15, -0.1) is 0 Å². The molecule has 194 valence electrons. The molecule has 1 heterocycles. The molecular formula is C26H39Cl2N5O2. The standard InChI is InChI=1S/C26H39Cl2N5O2/c1-2-3-4-5-6-7-8-9-10-11-12-13-14-15-18-29-25-24(33(34)35)26(31-20-30-25)32-21-16-17-22(27)23(28)19-21/h16-17,19-20H,2-15,18H2,1H3,(H2,29,30,31,32). The van der Waals surface area contributed by atoms with E-state index in [-0.39, 0.29) is 17.3 Å². The molecule has 1 aromatic carbocycles. The van der Waals surface area contributed by atoms with Crippen molar-refractivity contribution in [2.75, 3.05) is 17.2 Å². The van der Waals surface area contributed by atoms with Crippen molar-refractivity contribution in [1.29, 1.82) is 0 Å². The zero-order chi connectivity index (χ0) is 25.3. The highest BCUT2D eigenvalue weighted by atomic mass is 35.5. The van der Waals surface area contributed by atoms with Crippen molar-refractivity contribution in [3.63, 3.8) is 0 Å². The third-order valence-electron chi connectivity index (χ3n) is 6.01. The number of nitrogens with zero attached hydrogens (tertiary/aromatic N) is 3. The number of hydrogen-bond acceptors (Lipinski definition) is 6. The Balaban J connectivity index is 1.64. The number of rotatable bonds is 19. The summed E-state index contributed by atoms with van der Waals surface area (Å²) in [6, 6.07) is 4.90. The van der Waals surface area contributed by atoms with Crippen molar-refractivity contribution in [2.45, 2.75) is 96.8 Å². The van der Waals surface area contributed by atoms with Crippen LogP contribution in [0.5, 0.6) is 0 Å². The SMILES string of the molecule is CCCCCCCCCCCCCCCCNc1ncnc(Nc2ccc(Cl)c(Cl)c2)c1[N+](=O)[O-]. The number of aromatic nitrogens is 2. The normalized spacial score (nSPS) is 10.9. The van der Waals surface area contributed by atoms with E-state index in [1.807, 2.05) is 0 Å². The molecule has 0 unspecified atom stereocenters. The van der Waals surface area contributed by atoms with Gasteiger partial charge in [0.2, 0.25) is 11.6 Å². The van der Waals surface area contributed by atoms with Gasteiger partial charge in [-0.05, 0) is 24.6 Å². The van der Waals surface area contributed by atoms with Gasteiger partial charge in [0, 0.05) is 12.2 Å². The molecule has 0 saturated heterocycles. The minimum absolute atomic E-state index is 0.104. The quantitative estimate of drug-likeness (QED) is 0.108. The van der Waals surface area contributed by atoms with E-state index < -0.39 is 4.92 Å². The first kappa shape index (κ1) is 29.1. The summed E-state index contributed by atoms with van der Waals surface area (Å²) in [4.78, 5) is 19.4. The van der Waals surface area contributed by atoms with Gasteiger partial charge in [0.1, 0.15) is 6.33 Å². The van der Waals surface area contributed by atoms with Crippen molar-refractivity contribution in [2.24, 2.45) is 0 Å². The van der Waals surface area contributed by atoms with Crippen LogP contribution < -0.4 is 10.6 Å². The molecule has 0 atom stereocenters. The number of anilines is 3. The van der Waals surface area contributed by atoms with Crippen LogP contribution in [-0.4, -0.2) is 21.4 Å². The third kappa shape index (κ3) is 11.4. The topological polar surface area (TPSA) is 93.0 Å². The lowest BCUT2D eigenvalue weighted by Crippen LogP contribution is -2.09. The second-order valence-electron chi connectivity index (χ2n) is 8.95. The van der Waals surface area contributed by atoms with Gasteiger partial charge in [-0.3, -0.25) is 10.1 Å². The molecule has 0 aliphatic carbocycles. The molecular weight excluding hydrogens is 485 g/mol. The highest BCUT2D eigenvalue weighted by Gasteiger charge is 2.23. The maximum Gasteiger partial charge on any atom is 0.353 e. The molecule has 0 spiro atoms. The maximum absolute atomic E-state index is 11.7. The number of nitrogens with one attached hydrogen (secondary N) is 2. The average molecular weight is 525 g/mol. The van der Waals surface area contributed by atoms with E-state index in [1.165, 1.54) is 83.4 Å². The number of nitro groups is 1. The Hall–Kier alpha value is -2.12. The predicted molar refractivity (Wildman–Crippen MR) is 147 cm³/mol. The zero-order valence-electron chi connectivity index (χ0n) is 20.8. The van der Waals surface area contributed by atoms with Crippen LogP contribution in [0.4, 0.5) is 23.0 Å². The molecule has 35 heavy (non-hydrogen) atoms. The van der Waals surface area contributed by atoms with Crippen LogP contribution in [0.15, 0.2) is 24.5 Å². The summed E-state index contributed by atoms with van der Waals surface area (Å²) in [6.07, 6.45) is 19.4. The van der Waals surface area contributed by atoms with E-state index in [0.29, 0.717) is 22.3 Å². The Morgan fingerprint density at radius 3 is 1.89 bits per heavy atom. The second-order valence-corrected chi connectivity index (χ2v) is 9.77. The van der Waals surface area contributed by atoms with E-state index in [2.05, 4.69) is 27.5 Å². The number of halogens is 2. The van der Waals surface area contributed by atoms with E-state index >= 15 is 0 Å². The molecule has 1 aromatic heterocycles. The van der Waals surface area contributed by atoms with Crippen LogP contribution in [0.2, 0.25) is 10.0 Å². The highest BCUT2D eigenvalue weighted by molar-refractivity contribution is 6.42. The van der Waals surface area contributed by atoms with Crippen molar-refractivity contribution >= 4 is 46.2 Å². The maximum atomic E-state index is 11.7. The Kier molecular flexibility index (Phi) is 14.4. The first-order valence-corrected chi connectivity index (χ1v) is 13.7. The van der Waals surface area contributed by atoms with Gasteiger partial charge in [-0.1, -0.05) is 114 Å². The molecule has 2 rings (SSSR count). The summed E-state index contributed by atoms with van der Waals surface area (Å²) in [6.45, 7) is 2.89. The molecule has 0 aliphatic heterocycles. The minimum Gasteiger partial charge on any atom is -0.364 e. The van der Waals surface area contributed by atoms with Gasteiger partial charge >= 0.3 is 5.69 Å². The summed E-state index contributed by atoms with van der Waals surface area (Å²) in [5.74, 6) is 0.314. The Morgan fingerprint density at radius 1 is 0.800 bits per heavy atom. The van der Waals surface area contributed by atoms with Gasteiger partial charge in [0.05, 0.1) is 15.0 Å². The van der Waals surface area contributed by atoms with Gasteiger partial charge < -0.3 is 10.6 Å². The van der Waals surface area contributed by atoms with Gasteiger partial charge in [-0.25, -0.2) is 9.97 Å². The van der Waals surface area contributed by atoms with Crippen LogP contribution in [0.3, 0.4) is 0 Å². The molecule has 9 heteroatoms. The summed E-state index contributed by atoms with van der Waals surface area (Å²) in [7, 11) is 0. The molecule has 0 fully saturated rings. The Morgan fingerprint density at radius 2 is 1.34 bits per heavy atom. The molecule has 0 saturated carbocycles. The molecule has 0 amide bonds. The number of unbranched alkanes of at least 4 members (excludes halogenated alkanes) is 13. The second kappa shape index (κ2) is 17.3. The lowest BCUT2D eigenvalue weighted by Gasteiger charge is -2.10. The summed E-state index contributed by atoms with van der Waals surface area (Å²) in [5.41, 5.74) is 0.364. The smallest absolute Gasteiger partial charge is 0.353 e. The molecule has 0 radical (unpaired) electrons. The lowest BCUT2D eigenvalue weighted by atomic mass is 10.0. The third-order valence-corrected chi connectivity index (χ3v) is 6.75. The van der Waals surface area contributed by atoms with Crippen molar-refractivity contribution in [3.8, 4) is 0 Å². The molecule has 2 N–H and O–H groups in total. The number of benzene rings is 1. The number of hydrogen-bond donors (Lipinski definition) is 2. The highest BCUT2D eigenvalue weighted by Crippen LogP contribution is 2.33. The van der Waals surface area contributed by atoms with E-state index in [9.17, 15) is 10.1 Å². The van der Waals surface area contributed by atoms with Crippen molar-refractivity contribution in [1.82, 2.24) is 9.97 Å². The van der Waals surface area contributed by atoms with Gasteiger partial charge in [0.25, 0.3) is 0 Å². The zero-order valence-corrected chi connectivity index (χ0v) is 22.3. The molecule has 0 bridgehead atoms. The molecule has 7 nitrogen and oxygen atoms in total. The Bertz CT molecular complexity index is 898. The first-order valence-electron chi connectivity index (χ1n) is 13.0. The van der Waals surface area contributed by atoms with Crippen molar-refractivity contribution in [3.05, 3.63) is 44.7 Å². The van der Waals surface area contributed by atoms with Crippen LogP contribution in [-0.2, 0) is 0 Å². The van der Waals surface area contributed by atoms with Gasteiger partial charge in [-0.2, -0.15) is 0 Å². The van der Waals surface area contributed by atoms with Crippen molar-refractivity contribution < 1.29 is 4.92 Å². The lowest BCUT2D eigenvalue weighted by molar-refractivity contribution is -0.383. The van der Waals surface area contributed by atoms with E-state index in [1.54, 1.807) is 18.2 Å². The van der Waals surface area contributed by atoms with Crippen LogP contribution in [0.25, 0.3) is 0 Å². The monoisotopic (exact) mass is 523 g/mol. The fourth-order valence-corrected chi connectivity index (χ4v) is 4.31. The van der Waals surface area contributed by atoms with Crippen LogP contribution in [0.1, 0.15) is 96.8 Å². The molecule has 0 aliphatic rings. The fraction of sp³-hybridized carbons (Fsp3) is 0.615. The summed E-state index contributed by atoms with van der Waals surface area (Å²) < 4.78 is 0. The predicted octanol–water partition coefficient (Wildman–Crippen LogP) is 9.33. The van der Waals surface area contributed by atoms with Gasteiger partial charge in [0.15, 0.2) is 0 Å². The van der Waals surface area contributed by atoms with Crippen LogP contribution in [0, 0.1) is 10.1 Å². The molecule has 2 aromatic rings. The summed E-state index contributed by atoms with van der Waals surface area (Å²) >= 11 is 12.0. The summed E-state index contributed by atoms with van der Waals surface area (Å²) in [5, 5.41) is 18.5. The average Bonchev–Trinajstić information content (AvgIpc) is 2.83. The fourth-order valence-electron chi connectivity index (χ4n) is 4.01. The van der Waals surface area contributed by atoms with E-state index in [0.717, 1.165) is 12.8 Å². The van der Waals surface area contributed by atoms with E-state index in [4.69, 9.17) is 23.2 Å².